The zero-order chi connectivity index (χ0) is 19.3. The third-order valence-electron chi connectivity index (χ3n) is 5.47. The zero-order valence-electron chi connectivity index (χ0n) is 15.0. The van der Waals surface area contributed by atoms with Gasteiger partial charge in [-0.1, -0.05) is 30.3 Å². The predicted octanol–water partition coefficient (Wildman–Crippen LogP) is 3.04. The van der Waals surface area contributed by atoms with Crippen LogP contribution in [0.2, 0.25) is 0 Å². The lowest BCUT2D eigenvalue weighted by Gasteiger charge is -2.34. The summed E-state index contributed by atoms with van der Waals surface area (Å²) in [4.78, 5) is 39.4. The number of Topliss-reactive ketones (excluding diaryl/α,β-unsaturated/α-hetero) is 1. The van der Waals surface area contributed by atoms with Crippen LogP contribution < -0.4 is 10.4 Å². The first-order chi connectivity index (χ1) is 13.5. The molecule has 2 aromatic carbocycles. The molecule has 1 atom stereocenters. The van der Waals surface area contributed by atoms with Crippen LogP contribution in [0.25, 0.3) is 11.0 Å². The summed E-state index contributed by atoms with van der Waals surface area (Å²) >= 11 is 0. The number of ketones is 1. The summed E-state index contributed by atoms with van der Waals surface area (Å²) in [6.45, 7) is 0.679. The summed E-state index contributed by atoms with van der Waals surface area (Å²) in [5.41, 5.74) is -0.375. The molecule has 2 aliphatic heterocycles. The number of likely N-dealkylation sites (tertiary alicyclic amines) is 1. The van der Waals surface area contributed by atoms with E-state index in [-0.39, 0.29) is 24.3 Å². The van der Waals surface area contributed by atoms with Gasteiger partial charge in [0.25, 0.3) is 5.91 Å². The van der Waals surface area contributed by atoms with E-state index in [0.717, 1.165) is 0 Å². The molecular weight excluding hydrogens is 358 g/mol. The number of carbonyl (C=O) groups excluding carboxylic acids is 2. The Hall–Kier alpha value is -3.41. The Kier molecular flexibility index (Phi) is 3.62. The van der Waals surface area contributed by atoms with Crippen LogP contribution >= 0.6 is 0 Å². The Morgan fingerprint density at radius 1 is 1.04 bits per heavy atom. The second-order valence-electron chi connectivity index (χ2n) is 7.34. The van der Waals surface area contributed by atoms with Crippen LogP contribution in [0.5, 0.6) is 5.75 Å². The lowest BCUT2D eigenvalue weighted by molar-refractivity contribution is 0.0427. The third-order valence-corrected chi connectivity index (χ3v) is 5.47. The Labute approximate surface area is 160 Å². The Balaban J connectivity index is 1.44. The highest BCUT2D eigenvalue weighted by atomic mass is 16.5. The van der Waals surface area contributed by atoms with Gasteiger partial charge in [0.15, 0.2) is 5.78 Å². The smallest absolute Gasteiger partial charge is 0.349 e. The first kappa shape index (κ1) is 16.7. The summed E-state index contributed by atoms with van der Waals surface area (Å²) < 4.78 is 11.4. The van der Waals surface area contributed by atoms with E-state index in [2.05, 4.69) is 0 Å². The van der Waals surface area contributed by atoms with Gasteiger partial charge in [0, 0.05) is 18.4 Å². The van der Waals surface area contributed by atoms with Gasteiger partial charge in [-0.2, -0.15) is 0 Å². The van der Waals surface area contributed by atoms with Gasteiger partial charge in [-0.05, 0) is 24.3 Å². The van der Waals surface area contributed by atoms with Crippen LogP contribution in [0.4, 0.5) is 0 Å². The van der Waals surface area contributed by atoms with E-state index >= 15 is 0 Å². The fraction of sp³-hybridized carbons (Fsp3) is 0.227. The average Bonchev–Trinajstić information content (AvgIpc) is 3.10. The number of para-hydroxylation sites is 2. The zero-order valence-corrected chi connectivity index (χ0v) is 15.0. The van der Waals surface area contributed by atoms with Crippen molar-refractivity contribution in [1.82, 2.24) is 4.90 Å². The Bertz CT molecular complexity index is 1180. The van der Waals surface area contributed by atoms with Crippen molar-refractivity contribution in [3.05, 3.63) is 76.1 Å². The van der Waals surface area contributed by atoms with E-state index in [0.29, 0.717) is 35.2 Å². The first-order valence-electron chi connectivity index (χ1n) is 9.18. The topological polar surface area (TPSA) is 76.8 Å². The molecule has 1 saturated heterocycles. The second kappa shape index (κ2) is 6.05. The summed E-state index contributed by atoms with van der Waals surface area (Å²) in [6.07, 6.45) is 0.762. The molecule has 0 N–H and O–H groups in total. The van der Waals surface area contributed by atoms with E-state index in [1.165, 1.54) is 0 Å². The molecule has 1 spiro atoms. The molecule has 3 heterocycles. The summed E-state index contributed by atoms with van der Waals surface area (Å²) in [6, 6.07) is 15.8. The number of carbonyl (C=O) groups is 2. The average molecular weight is 375 g/mol. The Morgan fingerprint density at radius 2 is 1.82 bits per heavy atom. The second-order valence-corrected chi connectivity index (χ2v) is 7.34. The van der Waals surface area contributed by atoms with Gasteiger partial charge >= 0.3 is 5.63 Å². The monoisotopic (exact) mass is 375 g/mol. The molecule has 1 amide bonds. The van der Waals surface area contributed by atoms with Crippen molar-refractivity contribution >= 4 is 22.7 Å². The van der Waals surface area contributed by atoms with Crippen molar-refractivity contribution in [2.45, 2.75) is 18.4 Å². The molecule has 0 aliphatic carbocycles. The molecule has 2 aliphatic rings. The normalized spacial score (nSPS) is 21.0. The van der Waals surface area contributed by atoms with E-state index in [9.17, 15) is 14.4 Å². The van der Waals surface area contributed by atoms with Gasteiger partial charge in [-0.15, -0.1) is 0 Å². The minimum absolute atomic E-state index is 0.00159. The van der Waals surface area contributed by atoms with Crippen molar-refractivity contribution in [3.8, 4) is 5.75 Å². The molecule has 1 aromatic heterocycles. The maximum atomic E-state index is 13.0. The minimum atomic E-state index is -0.738. The highest BCUT2D eigenvalue weighted by molar-refractivity contribution is 6.01. The maximum Gasteiger partial charge on any atom is 0.349 e. The molecule has 3 aromatic rings. The predicted molar refractivity (Wildman–Crippen MR) is 102 cm³/mol. The van der Waals surface area contributed by atoms with Crippen molar-refractivity contribution in [3.63, 3.8) is 0 Å². The molecule has 6 nitrogen and oxygen atoms in total. The molecule has 6 heteroatoms. The van der Waals surface area contributed by atoms with Crippen LogP contribution in [-0.2, 0) is 0 Å². The molecule has 28 heavy (non-hydrogen) atoms. The van der Waals surface area contributed by atoms with Gasteiger partial charge in [0.1, 0.15) is 22.5 Å². The van der Waals surface area contributed by atoms with Crippen molar-refractivity contribution in [1.29, 1.82) is 0 Å². The number of hydrogen-bond acceptors (Lipinski definition) is 5. The van der Waals surface area contributed by atoms with Crippen molar-refractivity contribution in [2.24, 2.45) is 0 Å². The summed E-state index contributed by atoms with van der Waals surface area (Å²) in [7, 11) is 0. The fourth-order valence-corrected chi connectivity index (χ4v) is 4.07. The number of amides is 1. The maximum absolute atomic E-state index is 13.0. The van der Waals surface area contributed by atoms with E-state index < -0.39 is 17.1 Å². The number of nitrogens with zero attached hydrogens (tertiary/aromatic N) is 1. The molecule has 1 fully saturated rings. The number of benzene rings is 2. The van der Waals surface area contributed by atoms with Crippen LogP contribution in [-0.4, -0.2) is 35.3 Å². The van der Waals surface area contributed by atoms with E-state index in [1.807, 2.05) is 18.2 Å². The van der Waals surface area contributed by atoms with Crippen LogP contribution in [0.15, 0.2) is 63.8 Å². The van der Waals surface area contributed by atoms with E-state index in [4.69, 9.17) is 9.15 Å². The molecule has 0 bridgehead atoms. The fourth-order valence-electron chi connectivity index (χ4n) is 4.07. The van der Waals surface area contributed by atoms with Gasteiger partial charge < -0.3 is 14.1 Å². The highest BCUT2D eigenvalue weighted by Crippen LogP contribution is 2.38. The molecule has 0 radical (unpaired) electrons. The lowest BCUT2D eigenvalue weighted by atomic mass is 9.89. The standard InChI is InChI=1S/C22H17NO5/c24-17-12-22(28-19-8-4-2-6-15(17)19)9-10-23(13-22)20(25)16-11-14-5-1-3-7-18(14)27-21(16)26/h1-8,11H,9-10,12-13H2. The minimum Gasteiger partial charge on any atom is -0.484 e. The summed E-state index contributed by atoms with van der Waals surface area (Å²) in [5, 5.41) is 0.692. The van der Waals surface area contributed by atoms with Crippen LogP contribution in [0.3, 0.4) is 0 Å². The van der Waals surface area contributed by atoms with Gasteiger partial charge in [-0.3, -0.25) is 9.59 Å². The molecule has 1 unspecified atom stereocenters. The van der Waals surface area contributed by atoms with Gasteiger partial charge in [0.05, 0.1) is 18.5 Å². The number of hydrogen-bond donors (Lipinski definition) is 0. The SMILES string of the molecule is O=C1CC2(CCN(C(=O)c3cc4ccccc4oc3=O)C2)Oc2ccccc21. The Morgan fingerprint density at radius 3 is 2.71 bits per heavy atom. The third kappa shape index (κ3) is 2.60. The number of rotatable bonds is 1. The van der Waals surface area contributed by atoms with Crippen molar-refractivity contribution in [2.75, 3.05) is 13.1 Å². The van der Waals surface area contributed by atoms with Crippen LogP contribution in [0, 0.1) is 0 Å². The van der Waals surface area contributed by atoms with Gasteiger partial charge in [0.2, 0.25) is 0 Å². The molecule has 0 saturated carbocycles. The van der Waals surface area contributed by atoms with Crippen molar-refractivity contribution < 1.29 is 18.7 Å². The first-order valence-corrected chi connectivity index (χ1v) is 9.18. The highest BCUT2D eigenvalue weighted by Gasteiger charge is 2.47. The van der Waals surface area contributed by atoms with E-state index in [1.54, 1.807) is 41.3 Å². The lowest BCUT2D eigenvalue weighted by Crippen LogP contribution is -2.45. The molecular formula is C22H17NO5. The molecule has 140 valence electrons. The van der Waals surface area contributed by atoms with Gasteiger partial charge in [-0.25, -0.2) is 4.79 Å². The number of ether oxygens (including phenoxy) is 1. The largest absolute Gasteiger partial charge is 0.484 e. The number of fused-ring (bicyclic) bond motifs is 2. The van der Waals surface area contributed by atoms with Crippen LogP contribution in [0.1, 0.15) is 33.6 Å². The quantitative estimate of drug-likeness (QED) is 0.611. The molecule has 5 rings (SSSR count). The summed E-state index contributed by atoms with van der Waals surface area (Å²) in [5.74, 6) is 0.172.